The molecule has 0 aliphatic carbocycles. The number of alkyl halides is 3. The van der Waals surface area contributed by atoms with Crippen LogP contribution in [-0.4, -0.2) is 73.1 Å². The zero-order chi connectivity index (χ0) is 21.3. The summed E-state index contributed by atoms with van der Waals surface area (Å²) in [5.74, 6) is 0.166. The zero-order valence-corrected chi connectivity index (χ0v) is 17.3. The van der Waals surface area contributed by atoms with E-state index in [9.17, 15) is 18.0 Å². The zero-order valence-electron chi connectivity index (χ0n) is 17.3. The molecule has 0 aromatic heterocycles. The summed E-state index contributed by atoms with van der Waals surface area (Å²) in [5.41, 5.74) is 6.23. The van der Waals surface area contributed by atoms with Crippen molar-refractivity contribution in [3.05, 3.63) is 29.8 Å². The maximum atomic E-state index is 13.0. The van der Waals surface area contributed by atoms with Gasteiger partial charge in [0.15, 0.2) is 0 Å². The summed E-state index contributed by atoms with van der Waals surface area (Å²) in [6, 6.07) is 6.03. The molecule has 2 N–H and O–H groups in total. The maximum absolute atomic E-state index is 13.0. The van der Waals surface area contributed by atoms with E-state index < -0.39 is 11.7 Å². The van der Waals surface area contributed by atoms with Crippen molar-refractivity contribution in [3.8, 4) is 0 Å². The van der Waals surface area contributed by atoms with Gasteiger partial charge >= 0.3 is 6.18 Å². The third-order valence-electron chi connectivity index (χ3n) is 6.47. The van der Waals surface area contributed by atoms with Crippen molar-refractivity contribution in [1.82, 2.24) is 20.7 Å². The Morgan fingerprint density at radius 2 is 1.87 bits per heavy atom. The second-order valence-corrected chi connectivity index (χ2v) is 8.63. The highest BCUT2D eigenvalue weighted by atomic mass is 19.4. The number of piperazine rings is 1. The molecule has 3 saturated heterocycles. The molecule has 166 valence electrons. The lowest BCUT2D eigenvalue weighted by Crippen LogP contribution is -2.57. The van der Waals surface area contributed by atoms with Crippen LogP contribution in [0.1, 0.15) is 31.7 Å². The monoisotopic (exact) mass is 425 g/mol. The maximum Gasteiger partial charge on any atom is 0.416 e. The average molecular weight is 425 g/mol. The van der Waals surface area contributed by atoms with Gasteiger partial charge in [-0.15, -0.1) is 0 Å². The van der Waals surface area contributed by atoms with E-state index in [0.29, 0.717) is 30.9 Å². The van der Waals surface area contributed by atoms with Crippen molar-refractivity contribution in [1.29, 1.82) is 0 Å². The number of benzene rings is 1. The van der Waals surface area contributed by atoms with E-state index in [4.69, 9.17) is 0 Å². The Bertz CT molecular complexity index is 750. The van der Waals surface area contributed by atoms with Gasteiger partial charge in [-0.25, -0.2) is 5.43 Å². The number of amides is 1. The highest BCUT2D eigenvalue weighted by Gasteiger charge is 2.35. The SMILES string of the molecule is CC1CC(C(=O)N2CCCC(N3CCN(c4cccc(C(F)(F)F)c4)CC3)C2)NN1. The third kappa shape index (κ3) is 4.73. The van der Waals surface area contributed by atoms with Gasteiger partial charge < -0.3 is 9.80 Å². The van der Waals surface area contributed by atoms with Gasteiger partial charge in [0.2, 0.25) is 5.91 Å². The number of piperidine rings is 1. The van der Waals surface area contributed by atoms with Crippen LogP contribution in [0.2, 0.25) is 0 Å². The van der Waals surface area contributed by atoms with Crippen LogP contribution in [-0.2, 0) is 11.0 Å². The van der Waals surface area contributed by atoms with E-state index in [-0.39, 0.29) is 11.9 Å². The lowest BCUT2D eigenvalue weighted by atomic mass is 10.0. The summed E-state index contributed by atoms with van der Waals surface area (Å²) < 4.78 is 39.0. The molecule has 0 saturated carbocycles. The smallest absolute Gasteiger partial charge is 0.369 e. The minimum atomic E-state index is -4.32. The van der Waals surface area contributed by atoms with E-state index in [2.05, 4.69) is 22.7 Å². The van der Waals surface area contributed by atoms with Crippen molar-refractivity contribution >= 4 is 11.6 Å². The molecule has 9 heteroatoms. The van der Waals surface area contributed by atoms with E-state index in [0.717, 1.165) is 51.5 Å². The Morgan fingerprint density at radius 3 is 2.53 bits per heavy atom. The number of likely N-dealkylation sites (tertiary alicyclic amines) is 1. The molecule has 0 spiro atoms. The molecule has 0 radical (unpaired) electrons. The second kappa shape index (κ2) is 8.72. The highest BCUT2D eigenvalue weighted by molar-refractivity contribution is 5.82. The van der Waals surface area contributed by atoms with Crippen molar-refractivity contribution in [2.75, 3.05) is 44.2 Å². The summed E-state index contributed by atoms with van der Waals surface area (Å²) in [4.78, 5) is 19.2. The van der Waals surface area contributed by atoms with Crippen LogP contribution in [0.25, 0.3) is 0 Å². The quantitative estimate of drug-likeness (QED) is 0.777. The van der Waals surface area contributed by atoms with Crippen molar-refractivity contribution in [2.45, 2.75) is 50.5 Å². The number of rotatable bonds is 3. The van der Waals surface area contributed by atoms with Crippen LogP contribution in [0.4, 0.5) is 18.9 Å². The fourth-order valence-electron chi connectivity index (χ4n) is 4.77. The lowest BCUT2D eigenvalue weighted by Gasteiger charge is -2.44. The lowest BCUT2D eigenvalue weighted by molar-refractivity contribution is -0.137. The van der Waals surface area contributed by atoms with Crippen LogP contribution in [0.15, 0.2) is 24.3 Å². The molecule has 4 rings (SSSR count). The van der Waals surface area contributed by atoms with E-state index in [1.807, 2.05) is 9.80 Å². The molecular formula is C21H30F3N5O. The van der Waals surface area contributed by atoms with E-state index in [1.54, 1.807) is 6.07 Å². The van der Waals surface area contributed by atoms with Gasteiger partial charge in [0.05, 0.1) is 5.56 Å². The molecule has 0 bridgehead atoms. The Morgan fingerprint density at radius 1 is 1.10 bits per heavy atom. The van der Waals surface area contributed by atoms with Gasteiger partial charge in [-0.05, 0) is 44.4 Å². The first-order valence-corrected chi connectivity index (χ1v) is 10.8. The van der Waals surface area contributed by atoms with Crippen LogP contribution in [0.3, 0.4) is 0 Å². The number of hydrogen-bond donors (Lipinski definition) is 2. The van der Waals surface area contributed by atoms with Crippen LogP contribution in [0.5, 0.6) is 0 Å². The summed E-state index contributed by atoms with van der Waals surface area (Å²) in [6.07, 6.45) is -1.48. The summed E-state index contributed by atoms with van der Waals surface area (Å²) in [7, 11) is 0. The highest BCUT2D eigenvalue weighted by Crippen LogP contribution is 2.32. The molecule has 1 amide bonds. The molecular weight excluding hydrogens is 395 g/mol. The second-order valence-electron chi connectivity index (χ2n) is 8.63. The Kier molecular flexibility index (Phi) is 6.22. The number of carbonyl (C=O) groups excluding carboxylic acids is 1. The fourth-order valence-corrected chi connectivity index (χ4v) is 4.77. The molecule has 3 heterocycles. The van der Waals surface area contributed by atoms with Crippen LogP contribution < -0.4 is 15.8 Å². The molecule has 3 aliphatic rings. The molecule has 3 aliphatic heterocycles. The molecule has 3 unspecified atom stereocenters. The van der Waals surface area contributed by atoms with Gasteiger partial charge in [0, 0.05) is 57.0 Å². The van der Waals surface area contributed by atoms with Crippen molar-refractivity contribution in [2.24, 2.45) is 0 Å². The Hall–Kier alpha value is -1.84. The Labute approximate surface area is 175 Å². The van der Waals surface area contributed by atoms with Gasteiger partial charge in [-0.2, -0.15) is 13.2 Å². The number of hydrazine groups is 1. The van der Waals surface area contributed by atoms with Gasteiger partial charge in [0.25, 0.3) is 0 Å². The molecule has 1 aromatic rings. The third-order valence-corrected chi connectivity index (χ3v) is 6.47. The molecule has 3 atom stereocenters. The predicted octanol–water partition coefficient (Wildman–Crippen LogP) is 2.07. The number of halogens is 3. The Balaban J connectivity index is 1.32. The van der Waals surface area contributed by atoms with E-state index in [1.165, 1.54) is 12.1 Å². The van der Waals surface area contributed by atoms with Crippen LogP contribution >= 0.6 is 0 Å². The van der Waals surface area contributed by atoms with Crippen molar-refractivity contribution in [3.63, 3.8) is 0 Å². The minimum Gasteiger partial charge on any atom is -0.369 e. The standard InChI is InChI=1S/C21H30F3N5O/c1-15-12-19(26-25-15)20(30)29-7-3-6-18(14-29)28-10-8-27(9-11-28)17-5-2-4-16(13-17)21(22,23)24/h2,4-5,13,15,18-19,25-26H,3,6-12,14H2,1H3. The topological polar surface area (TPSA) is 50.9 Å². The predicted molar refractivity (Wildman–Crippen MR) is 109 cm³/mol. The molecule has 1 aromatic carbocycles. The number of hydrogen-bond acceptors (Lipinski definition) is 5. The van der Waals surface area contributed by atoms with Crippen molar-refractivity contribution < 1.29 is 18.0 Å². The summed E-state index contributed by atoms with van der Waals surface area (Å²) in [5, 5.41) is 0. The molecule has 6 nitrogen and oxygen atoms in total. The first-order valence-electron chi connectivity index (χ1n) is 10.8. The fraction of sp³-hybridized carbons (Fsp3) is 0.667. The van der Waals surface area contributed by atoms with Gasteiger partial charge in [-0.3, -0.25) is 15.1 Å². The molecule has 30 heavy (non-hydrogen) atoms. The number of nitrogens with zero attached hydrogens (tertiary/aromatic N) is 3. The number of nitrogens with one attached hydrogen (secondary N) is 2. The van der Waals surface area contributed by atoms with Gasteiger partial charge in [-0.1, -0.05) is 6.07 Å². The average Bonchev–Trinajstić information content (AvgIpc) is 3.19. The first kappa shape index (κ1) is 21.4. The van der Waals surface area contributed by atoms with Crippen LogP contribution in [0, 0.1) is 0 Å². The van der Waals surface area contributed by atoms with Gasteiger partial charge in [0.1, 0.15) is 6.04 Å². The number of carbonyl (C=O) groups is 1. The molecule has 3 fully saturated rings. The largest absolute Gasteiger partial charge is 0.416 e. The van der Waals surface area contributed by atoms with E-state index >= 15 is 0 Å². The normalized spacial score (nSPS) is 28.7. The summed E-state index contributed by atoms with van der Waals surface area (Å²) >= 11 is 0. The number of anilines is 1. The summed E-state index contributed by atoms with van der Waals surface area (Å²) in [6.45, 7) is 6.56. The first-order chi connectivity index (χ1) is 14.3. The minimum absolute atomic E-state index is 0.156.